The standard InChI is InChI=1S/C21H22N2O4.C20H22N2O2/c1-14-6-4-5-7-18(14)15-8-10-16(11-9-15)20(24)23-13-17(22-27-3)12-19(23)21(25)26-2;1-14-5-3-4-6-19(14)15-7-9-16(10-8-15)20(24)22-12-17(21-2)11-18(22)13-23/h4-11,19H,12-13H2,1-3H3;3-10,18,23H,11-13H2,1-2H3/t19-;18-/m00/s1. The van der Waals surface area contributed by atoms with E-state index in [0.717, 1.165) is 22.4 Å². The number of aliphatic hydroxyl groups excluding tert-OH is 1. The number of carbonyl (C=O) groups excluding carboxylic acids is 3. The fourth-order valence-corrected chi connectivity index (χ4v) is 6.51. The van der Waals surface area contributed by atoms with E-state index in [1.807, 2.05) is 66.7 Å². The van der Waals surface area contributed by atoms with Crippen molar-refractivity contribution in [1.82, 2.24) is 9.80 Å². The first-order chi connectivity index (χ1) is 24.7. The number of oxime groups is 1. The van der Waals surface area contributed by atoms with Crippen LogP contribution in [0.3, 0.4) is 0 Å². The van der Waals surface area contributed by atoms with Crippen molar-refractivity contribution in [3.63, 3.8) is 0 Å². The normalized spacial score (nSPS) is 18.4. The van der Waals surface area contributed by atoms with Crippen LogP contribution in [-0.2, 0) is 14.4 Å². The summed E-state index contributed by atoms with van der Waals surface area (Å²) in [6, 6.07) is 30.5. The van der Waals surface area contributed by atoms with E-state index in [0.29, 0.717) is 36.2 Å². The Kier molecular flexibility index (Phi) is 12.1. The highest BCUT2D eigenvalue weighted by molar-refractivity contribution is 6.04. The first-order valence-corrected chi connectivity index (χ1v) is 16.8. The monoisotopic (exact) mass is 688 g/mol. The van der Waals surface area contributed by atoms with Crippen LogP contribution in [-0.4, -0.2) is 97.2 Å². The zero-order chi connectivity index (χ0) is 36.5. The summed E-state index contributed by atoms with van der Waals surface area (Å²) in [6.45, 7) is 4.84. The number of esters is 1. The van der Waals surface area contributed by atoms with E-state index in [-0.39, 0.29) is 31.0 Å². The largest absolute Gasteiger partial charge is 0.467 e. The van der Waals surface area contributed by atoms with Crippen LogP contribution in [0.25, 0.3) is 22.3 Å². The second-order valence-corrected chi connectivity index (χ2v) is 12.6. The molecule has 1 N–H and O–H groups in total. The topological polar surface area (TPSA) is 121 Å². The first-order valence-electron chi connectivity index (χ1n) is 16.8. The Morgan fingerprint density at radius 3 is 1.65 bits per heavy atom. The molecule has 2 aliphatic rings. The zero-order valence-corrected chi connectivity index (χ0v) is 29.7. The molecule has 2 atom stereocenters. The van der Waals surface area contributed by atoms with Crippen LogP contribution in [0.1, 0.15) is 44.7 Å². The molecule has 6 rings (SSSR count). The molecule has 2 aliphatic heterocycles. The minimum absolute atomic E-state index is 0.0357. The Bertz CT molecular complexity index is 1920. The van der Waals surface area contributed by atoms with E-state index in [9.17, 15) is 19.5 Å². The van der Waals surface area contributed by atoms with Crippen molar-refractivity contribution in [3.05, 3.63) is 119 Å². The van der Waals surface area contributed by atoms with E-state index >= 15 is 0 Å². The molecule has 4 aromatic rings. The van der Waals surface area contributed by atoms with Crippen LogP contribution in [0.2, 0.25) is 0 Å². The smallest absolute Gasteiger partial charge is 0.329 e. The van der Waals surface area contributed by atoms with Gasteiger partial charge in [0.25, 0.3) is 11.8 Å². The molecule has 0 unspecified atom stereocenters. The van der Waals surface area contributed by atoms with Gasteiger partial charge < -0.3 is 24.5 Å². The van der Waals surface area contributed by atoms with Crippen LogP contribution in [0.4, 0.5) is 0 Å². The van der Waals surface area contributed by atoms with Gasteiger partial charge in [0, 0.05) is 36.7 Å². The van der Waals surface area contributed by atoms with Gasteiger partial charge in [0.05, 0.1) is 38.6 Å². The van der Waals surface area contributed by atoms with Crippen LogP contribution in [0.15, 0.2) is 107 Å². The minimum atomic E-state index is -0.688. The summed E-state index contributed by atoms with van der Waals surface area (Å²) in [5.41, 5.74) is 9.56. The van der Waals surface area contributed by atoms with Gasteiger partial charge >= 0.3 is 5.97 Å². The summed E-state index contributed by atoms with van der Waals surface area (Å²) in [5, 5.41) is 13.4. The van der Waals surface area contributed by atoms with Gasteiger partial charge in [0.15, 0.2) is 0 Å². The van der Waals surface area contributed by atoms with Crippen molar-refractivity contribution in [3.8, 4) is 22.3 Å². The van der Waals surface area contributed by atoms with Gasteiger partial charge in [0.2, 0.25) is 0 Å². The van der Waals surface area contributed by atoms with Gasteiger partial charge in [-0.2, -0.15) is 0 Å². The maximum atomic E-state index is 13.0. The molecule has 0 spiro atoms. The molecule has 0 radical (unpaired) electrons. The lowest BCUT2D eigenvalue weighted by Gasteiger charge is -2.22. The van der Waals surface area contributed by atoms with Crippen LogP contribution in [0, 0.1) is 13.8 Å². The zero-order valence-electron chi connectivity index (χ0n) is 29.7. The number of ether oxygens (including phenoxy) is 1. The molecular weight excluding hydrogens is 644 g/mol. The van der Waals surface area contributed by atoms with Crippen molar-refractivity contribution in [2.45, 2.75) is 38.8 Å². The SMILES string of the molecule is CN=C1C[C@@H](CO)N(C(=O)c2ccc(-c3ccccc3C)cc2)C1.CON=C1C[C@@H](C(=O)OC)N(C(=O)c2ccc(-c3ccccc3C)cc2)C1. The van der Waals surface area contributed by atoms with Crippen LogP contribution in [0.5, 0.6) is 0 Å². The average Bonchev–Trinajstić information content (AvgIpc) is 3.79. The Hall–Kier alpha value is -5.61. The molecule has 0 bridgehead atoms. The third kappa shape index (κ3) is 8.41. The molecule has 0 aliphatic carbocycles. The highest BCUT2D eigenvalue weighted by Gasteiger charge is 2.39. The second-order valence-electron chi connectivity index (χ2n) is 12.6. The van der Waals surface area contributed by atoms with Gasteiger partial charge in [0.1, 0.15) is 13.2 Å². The third-order valence-electron chi connectivity index (χ3n) is 9.34. The molecule has 4 aromatic carbocycles. The molecule has 264 valence electrons. The van der Waals surface area contributed by atoms with E-state index in [2.05, 4.69) is 42.2 Å². The number of aliphatic imine (C=N–C) groups is 1. The summed E-state index contributed by atoms with van der Waals surface area (Å²) in [5.74, 6) is -0.742. The first kappa shape index (κ1) is 36.7. The summed E-state index contributed by atoms with van der Waals surface area (Å²) in [7, 11) is 4.48. The van der Waals surface area contributed by atoms with Gasteiger partial charge in [-0.1, -0.05) is 78.0 Å². The lowest BCUT2D eigenvalue weighted by atomic mass is 9.99. The Balaban J connectivity index is 0.000000199. The Morgan fingerprint density at radius 2 is 1.20 bits per heavy atom. The molecule has 2 heterocycles. The molecule has 2 amide bonds. The number of benzene rings is 4. The fourth-order valence-electron chi connectivity index (χ4n) is 6.51. The predicted molar refractivity (Wildman–Crippen MR) is 199 cm³/mol. The highest BCUT2D eigenvalue weighted by Crippen LogP contribution is 2.27. The average molecular weight is 689 g/mol. The number of nitrogens with zero attached hydrogens (tertiary/aromatic N) is 4. The molecule has 51 heavy (non-hydrogen) atoms. The van der Waals surface area contributed by atoms with E-state index in [4.69, 9.17) is 9.57 Å². The summed E-state index contributed by atoms with van der Waals surface area (Å²) >= 11 is 0. The van der Waals surface area contributed by atoms with Crippen molar-refractivity contribution in [1.29, 1.82) is 0 Å². The lowest BCUT2D eigenvalue weighted by molar-refractivity contribution is -0.145. The number of hydrogen-bond donors (Lipinski definition) is 1. The van der Waals surface area contributed by atoms with E-state index < -0.39 is 12.0 Å². The molecule has 10 heteroatoms. The number of methoxy groups -OCH3 is 1. The maximum absolute atomic E-state index is 13.0. The molecular formula is C41H44N4O6. The number of likely N-dealkylation sites (tertiary alicyclic amines) is 2. The van der Waals surface area contributed by atoms with Crippen molar-refractivity contribution < 1.29 is 29.1 Å². The number of carbonyl (C=O) groups is 3. The highest BCUT2D eigenvalue weighted by atomic mass is 16.6. The Morgan fingerprint density at radius 1 is 0.706 bits per heavy atom. The van der Waals surface area contributed by atoms with Crippen LogP contribution < -0.4 is 0 Å². The summed E-state index contributed by atoms with van der Waals surface area (Å²) in [6.07, 6.45) is 0.966. The van der Waals surface area contributed by atoms with Crippen molar-refractivity contribution >= 4 is 29.2 Å². The lowest BCUT2D eigenvalue weighted by Crippen LogP contribution is -2.41. The van der Waals surface area contributed by atoms with E-state index in [1.54, 1.807) is 24.1 Å². The predicted octanol–water partition coefficient (Wildman–Crippen LogP) is 5.99. The van der Waals surface area contributed by atoms with E-state index in [1.165, 1.54) is 35.8 Å². The number of amides is 2. The number of rotatable bonds is 7. The molecule has 10 nitrogen and oxygen atoms in total. The molecule has 2 fully saturated rings. The minimum Gasteiger partial charge on any atom is -0.467 e. The quantitative estimate of drug-likeness (QED) is 0.188. The van der Waals surface area contributed by atoms with Gasteiger partial charge in [-0.15, -0.1) is 0 Å². The van der Waals surface area contributed by atoms with Crippen molar-refractivity contribution in [2.24, 2.45) is 10.1 Å². The van der Waals surface area contributed by atoms with Gasteiger partial charge in [-0.25, -0.2) is 4.79 Å². The summed E-state index contributed by atoms with van der Waals surface area (Å²) < 4.78 is 4.84. The van der Waals surface area contributed by atoms with Gasteiger partial charge in [-0.3, -0.25) is 14.6 Å². The van der Waals surface area contributed by atoms with Crippen molar-refractivity contribution in [2.75, 3.05) is 41.0 Å². The number of aliphatic hydroxyl groups is 1. The molecule has 0 aromatic heterocycles. The van der Waals surface area contributed by atoms with Gasteiger partial charge in [-0.05, 0) is 71.5 Å². The fraction of sp³-hybridized carbons (Fsp3) is 0.293. The second kappa shape index (κ2) is 16.9. The number of hydrogen-bond acceptors (Lipinski definition) is 8. The summed E-state index contributed by atoms with van der Waals surface area (Å²) in [4.78, 5) is 50.0. The number of aryl methyl sites for hydroxylation is 2. The van der Waals surface area contributed by atoms with Crippen LogP contribution >= 0.6 is 0 Å². The molecule has 0 saturated carbocycles. The maximum Gasteiger partial charge on any atom is 0.329 e. The third-order valence-corrected chi connectivity index (χ3v) is 9.34. The Labute approximate surface area is 299 Å². The molecule has 2 saturated heterocycles.